The number of likely N-dealkylation sites (tertiary alicyclic amines) is 2. The minimum atomic E-state index is -0.879. The van der Waals surface area contributed by atoms with E-state index in [1.165, 1.54) is 0 Å². The standard InChI is InChI=1S/C19H32N4O5/c1-20(14-17(24)25)12-16-13-22(9-10-28-16)18(26)15-5-4-8-23(11-15)19(27)21-6-2-3-7-21/h15-16H,2-14H2,1H3,(H,24,25). The summed E-state index contributed by atoms with van der Waals surface area (Å²) in [6.07, 6.45) is 3.60. The molecule has 28 heavy (non-hydrogen) atoms. The predicted octanol–water partition coefficient (Wildman–Crippen LogP) is 0.158. The van der Waals surface area contributed by atoms with Crippen LogP contribution in [0.1, 0.15) is 25.7 Å². The van der Waals surface area contributed by atoms with Gasteiger partial charge in [0.25, 0.3) is 0 Å². The number of piperidine rings is 1. The Morgan fingerprint density at radius 3 is 2.43 bits per heavy atom. The number of morpholine rings is 1. The van der Waals surface area contributed by atoms with Gasteiger partial charge >= 0.3 is 12.0 Å². The van der Waals surface area contributed by atoms with Gasteiger partial charge in [-0.15, -0.1) is 0 Å². The molecule has 9 heteroatoms. The van der Waals surface area contributed by atoms with Gasteiger partial charge in [-0.05, 0) is 32.7 Å². The largest absolute Gasteiger partial charge is 0.480 e. The number of carbonyl (C=O) groups excluding carboxylic acids is 2. The summed E-state index contributed by atoms with van der Waals surface area (Å²) >= 11 is 0. The number of amides is 3. The summed E-state index contributed by atoms with van der Waals surface area (Å²) in [6.45, 7) is 4.77. The van der Waals surface area contributed by atoms with E-state index in [0.29, 0.717) is 32.8 Å². The molecular weight excluding hydrogens is 364 g/mol. The van der Waals surface area contributed by atoms with Gasteiger partial charge in [-0.25, -0.2) is 4.79 Å². The fraction of sp³-hybridized carbons (Fsp3) is 0.842. The summed E-state index contributed by atoms with van der Waals surface area (Å²) in [7, 11) is 1.74. The van der Waals surface area contributed by atoms with Crippen molar-refractivity contribution in [2.24, 2.45) is 5.92 Å². The van der Waals surface area contributed by atoms with Crippen LogP contribution < -0.4 is 0 Å². The Morgan fingerprint density at radius 1 is 1.00 bits per heavy atom. The molecule has 0 saturated carbocycles. The van der Waals surface area contributed by atoms with Crippen LogP contribution in [0.5, 0.6) is 0 Å². The molecule has 3 fully saturated rings. The monoisotopic (exact) mass is 396 g/mol. The molecule has 3 saturated heterocycles. The normalized spacial score (nSPS) is 26.0. The highest BCUT2D eigenvalue weighted by Gasteiger charge is 2.35. The molecule has 3 rings (SSSR count). The van der Waals surface area contributed by atoms with E-state index < -0.39 is 5.97 Å². The lowest BCUT2D eigenvalue weighted by Crippen LogP contribution is -2.54. The maximum absolute atomic E-state index is 13.1. The lowest BCUT2D eigenvalue weighted by Gasteiger charge is -2.39. The first-order valence-electron chi connectivity index (χ1n) is 10.3. The molecule has 0 radical (unpaired) electrons. The summed E-state index contributed by atoms with van der Waals surface area (Å²) in [6, 6.07) is 0.0742. The second kappa shape index (κ2) is 9.56. The van der Waals surface area contributed by atoms with Gasteiger partial charge in [0, 0.05) is 45.8 Å². The molecule has 0 aromatic carbocycles. The van der Waals surface area contributed by atoms with E-state index in [2.05, 4.69) is 0 Å². The van der Waals surface area contributed by atoms with Crippen molar-refractivity contribution in [2.75, 3.05) is 66.0 Å². The summed E-state index contributed by atoms with van der Waals surface area (Å²) in [5.41, 5.74) is 0. The highest BCUT2D eigenvalue weighted by molar-refractivity contribution is 5.81. The number of carboxylic acid groups (broad SMARTS) is 1. The van der Waals surface area contributed by atoms with Gasteiger partial charge in [0.2, 0.25) is 5.91 Å². The van der Waals surface area contributed by atoms with Crippen LogP contribution in [0.15, 0.2) is 0 Å². The molecule has 2 unspecified atom stereocenters. The Bertz CT molecular complexity index is 581. The minimum Gasteiger partial charge on any atom is -0.480 e. The SMILES string of the molecule is CN(CC(=O)O)CC1CN(C(=O)C2CCCN(C(=O)N3CCCC3)C2)CCO1. The Kier molecular flexibility index (Phi) is 7.12. The molecule has 2 atom stereocenters. The van der Waals surface area contributed by atoms with Crippen LogP contribution in [-0.4, -0.2) is 115 Å². The predicted molar refractivity (Wildman–Crippen MR) is 102 cm³/mol. The minimum absolute atomic E-state index is 0.0516. The highest BCUT2D eigenvalue weighted by atomic mass is 16.5. The number of rotatable bonds is 5. The molecule has 1 N–H and O–H groups in total. The lowest BCUT2D eigenvalue weighted by molar-refractivity contribution is -0.146. The number of aliphatic carboxylic acids is 1. The number of nitrogens with zero attached hydrogens (tertiary/aromatic N) is 4. The van der Waals surface area contributed by atoms with Crippen molar-refractivity contribution in [1.29, 1.82) is 0 Å². The fourth-order valence-corrected chi connectivity index (χ4v) is 4.39. The molecule has 0 aliphatic carbocycles. The number of urea groups is 1. The summed E-state index contributed by atoms with van der Waals surface area (Å²) < 4.78 is 5.73. The van der Waals surface area contributed by atoms with Crippen molar-refractivity contribution < 1.29 is 24.2 Å². The third-order valence-electron chi connectivity index (χ3n) is 5.79. The molecule has 3 aliphatic heterocycles. The second-order valence-corrected chi connectivity index (χ2v) is 8.13. The Morgan fingerprint density at radius 2 is 1.71 bits per heavy atom. The van der Waals surface area contributed by atoms with E-state index in [4.69, 9.17) is 9.84 Å². The number of carbonyl (C=O) groups is 3. The van der Waals surface area contributed by atoms with Gasteiger partial charge in [0.1, 0.15) is 0 Å². The third kappa shape index (κ3) is 5.35. The third-order valence-corrected chi connectivity index (χ3v) is 5.79. The molecule has 0 spiro atoms. The first-order chi connectivity index (χ1) is 13.4. The fourth-order valence-electron chi connectivity index (χ4n) is 4.39. The van der Waals surface area contributed by atoms with Crippen LogP contribution >= 0.6 is 0 Å². The highest BCUT2D eigenvalue weighted by Crippen LogP contribution is 2.22. The van der Waals surface area contributed by atoms with Gasteiger partial charge in [-0.2, -0.15) is 0 Å². The molecule has 158 valence electrons. The molecular formula is C19H32N4O5. The van der Waals surface area contributed by atoms with Gasteiger partial charge in [-0.1, -0.05) is 0 Å². The number of ether oxygens (including phenoxy) is 1. The van der Waals surface area contributed by atoms with Crippen LogP contribution in [-0.2, 0) is 14.3 Å². The molecule has 0 bridgehead atoms. The number of carboxylic acids is 1. The summed E-state index contributed by atoms with van der Waals surface area (Å²) in [5.74, 6) is -0.944. The quantitative estimate of drug-likeness (QED) is 0.712. The topological polar surface area (TPSA) is 93.6 Å². The molecule has 3 heterocycles. The number of likely N-dealkylation sites (N-methyl/N-ethyl adjacent to an activating group) is 1. The zero-order valence-corrected chi connectivity index (χ0v) is 16.7. The van der Waals surface area contributed by atoms with E-state index in [0.717, 1.165) is 45.3 Å². The summed E-state index contributed by atoms with van der Waals surface area (Å²) in [5, 5.41) is 8.89. The van der Waals surface area contributed by atoms with Gasteiger partial charge in [0.05, 0.1) is 25.2 Å². The average Bonchev–Trinajstić information content (AvgIpc) is 3.21. The molecule has 0 aromatic rings. The van der Waals surface area contributed by atoms with Crippen molar-refractivity contribution >= 4 is 17.9 Å². The molecule has 9 nitrogen and oxygen atoms in total. The van der Waals surface area contributed by atoms with E-state index in [1.807, 2.05) is 14.7 Å². The lowest BCUT2D eigenvalue weighted by atomic mass is 9.96. The van der Waals surface area contributed by atoms with E-state index in [9.17, 15) is 14.4 Å². The van der Waals surface area contributed by atoms with Crippen molar-refractivity contribution in [3.63, 3.8) is 0 Å². The average molecular weight is 396 g/mol. The number of hydrogen-bond donors (Lipinski definition) is 1. The number of hydrogen-bond acceptors (Lipinski definition) is 5. The van der Waals surface area contributed by atoms with Crippen LogP contribution in [0, 0.1) is 5.92 Å². The summed E-state index contributed by atoms with van der Waals surface area (Å²) in [4.78, 5) is 43.8. The maximum atomic E-state index is 13.1. The Balaban J connectivity index is 1.52. The van der Waals surface area contributed by atoms with Crippen molar-refractivity contribution in [3.8, 4) is 0 Å². The van der Waals surface area contributed by atoms with Crippen molar-refractivity contribution in [3.05, 3.63) is 0 Å². The van der Waals surface area contributed by atoms with Gasteiger partial charge in [-0.3, -0.25) is 14.5 Å². The Labute approximate surface area is 166 Å². The van der Waals surface area contributed by atoms with Crippen molar-refractivity contribution in [2.45, 2.75) is 31.8 Å². The molecule has 3 aliphatic rings. The van der Waals surface area contributed by atoms with Crippen LogP contribution in [0.25, 0.3) is 0 Å². The maximum Gasteiger partial charge on any atom is 0.320 e. The van der Waals surface area contributed by atoms with Crippen LogP contribution in [0.2, 0.25) is 0 Å². The van der Waals surface area contributed by atoms with Crippen LogP contribution in [0.3, 0.4) is 0 Å². The van der Waals surface area contributed by atoms with E-state index >= 15 is 0 Å². The Hall–Kier alpha value is -1.87. The zero-order chi connectivity index (χ0) is 20.1. The van der Waals surface area contributed by atoms with Crippen molar-refractivity contribution in [1.82, 2.24) is 19.6 Å². The van der Waals surface area contributed by atoms with Gasteiger partial charge in [0.15, 0.2) is 0 Å². The second-order valence-electron chi connectivity index (χ2n) is 8.13. The van der Waals surface area contributed by atoms with E-state index in [1.54, 1.807) is 11.9 Å². The molecule has 3 amide bonds. The molecule has 0 aromatic heterocycles. The van der Waals surface area contributed by atoms with Gasteiger partial charge < -0.3 is 24.5 Å². The van der Waals surface area contributed by atoms with E-state index in [-0.39, 0.29) is 30.5 Å². The first kappa shape index (κ1) is 20.9. The smallest absolute Gasteiger partial charge is 0.320 e. The van der Waals surface area contributed by atoms with Crippen LogP contribution in [0.4, 0.5) is 4.79 Å². The zero-order valence-electron chi connectivity index (χ0n) is 16.7. The first-order valence-corrected chi connectivity index (χ1v) is 10.3.